The number of halogens is 1. The smallest absolute Gasteiger partial charge is 0.168 e. The Morgan fingerprint density at radius 1 is 1.36 bits per heavy atom. The van der Waals surface area contributed by atoms with E-state index in [-0.39, 0.29) is 0 Å². The van der Waals surface area contributed by atoms with Crippen molar-refractivity contribution in [1.29, 1.82) is 0 Å². The summed E-state index contributed by atoms with van der Waals surface area (Å²) in [7, 11) is -0.546. The van der Waals surface area contributed by atoms with Gasteiger partial charge in [-0.3, -0.25) is 0 Å². The van der Waals surface area contributed by atoms with Crippen LogP contribution in [0.3, 0.4) is 0 Å². The van der Waals surface area contributed by atoms with Crippen LogP contribution in [-0.4, -0.2) is 16.3 Å². The molecule has 0 spiro atoms. The third-order valence-corrected chi connectivity index (χ3v) is 2.92. The first-order valence-corrected chi connectivity index (χ1v) is 4.99. The lowest BCUT2D eigenvalue weighted by Gasteiger charge is -1.96. The number of thiol groups is 1. The number of hydrogen-bond donors (Lipinski definition) is 1. The van der Waals surface area contributed by atoms with Crippen molar-refractivity contribution in [2.24, 2.45) is 0 Å². The van der Waals surface area contributed by atoms with Crippen molar-refractivity contribution >= 4 is 39.9 Å². The maximum absolute atomic E-state index is 10.5. The first-order valence-electron chi connectivity index (χ1n) is 3.02. The molecule has 0 fully saturated rings. The molecule has 1 aromatic rings. The molecule has 5 heteroatoms. The summed E-state index contributed by atoms with van der Waals surface area (Å²) >= 11 is 3.25. The third kappa shape index (κ3) is 2.07. The van der Waals surface area contributed by atoms with Crippen LogP contribution in [-0.2, 0) is 10.7 Å². The molecule has 0 atom stereocenters. The topological polar surface area (TPSA) is 34.1 Å². The Morgan fingerprint density at radius 3 is 2.45 bits per heavy atom. The molecule has 0 bridgehead atoms. The van der Waals surface area contributed by atoms with E-state index in [9.17, 15) is 8.42 Å². The molecule has 0 heterocycles. The van der Waals surface area contributed by atoms with E-state index in [1.165, 1.54) is 0 Å². The van der Waals surface area contributed by atoms with E-state index in [4.69, 9.17) is 0 Å². The van der Waals surface area contributed by atoms with Crippen LogP contribution in [0, 0.1) is 0 Å². The second-order valence-corrected chi connectivity index (χ2v) is 4.08. The molecule has 1 aromatic carbocycles. The molecular weight excluding hydrogens is 227 g/mol. The molecule has 0 aliphatic heterocycles. The van der Waals surface area contributed by atoms with Crippen LogP contribution in [0.25, 0.3) is 0 Å². The van der Waals surface area contributed by atoms with Crippen molar-refractivity contribution in [2.45, 2.75) is 4.90 Å². The molecule has 0 aliphatic carbocycles. The van der Waals surface area contributed by atoms with E-state index in [0.717, 1.165) is 9.94 Å². The average molecular weight is 233 g/mol. The minimum absolute atomic E-state index is 0.345. The molecule has 0 unspecified atom stereocenters. The lowest BCUT2D eigenvalue weighted by atomic mass is 9.97. The highest BCUT2D eigenvalue weighted by atomic mass is 79.9. The molecule has 0 saturated heterocycles. The van der Waals surface area contributed by atoms with E-state index < -0.39 is 10.7 Å². The molecule has 2 nitrogen and oxygen atoms in total. The fourth-order valence-corrected chi connectivity index (χ4v) is 1.68. The van der Waals surface area contributed by atoms with Crippen molar-refractivity contribution in [2.75, 3.05) is 0 Å². The molecule has 11 heavy (non-hydrogen) atoms. The predicted molar refractivity (Wildman–Crippen MR) is 50.9 cm³/mol. The fourth-order valence-electron chi connectivity index (χ4n) is 0.695. The lowest BCUT2D eigenvalue weighted by molar-refractivity contribution is 0.614. The number of hydrogen-bond acceptors (Lipinski definition) is 2. The summed E-state index contributed by atoms with van der Waals surface area (Å²) in [4.78, 5) is 0.345. The predicted octanol–water partition coefficient (Wildman–Crippen LogP) is -0.322. The second-order valence-electron chi connectivity index (χ2n) is 2.19. The summed E-state index contributed by atoms with van der Waals surface area (Å²) < 4.78 is 21.8. The van der Waals surface area contributed by atoms with E-state index in [2.05, 4.69) is 15.9 Å². The molecule has 0 saturated carbocycles. The maximum Gasteiger partial charge on any atom is 0.168 e. The largest absolute Gasteiger partial charge is 0.227 e. The van der Waals surface area contributed by atoms with Crippen LogP contribution in [0.1, 0.15) is 0 Å². The molecule has 1 rings (SSSR count). The van der Waals surface area contributed by atoms with Gasteiger partial charge in [0, 0.05) is 4.47 Å². The fraction of sp³-hybridized carbons (Fsp3) is 0. The van der Waals surface area contributed by atoms with Gasteiger partial charge in [0.1, 0.15) is 7.85 Å². The first kappa shape index (κ1) is 8.81. The Bertz CT molecular complexity index is 340. The van der Waals surface area contributed by atoms with Gasteiger partial charge in [0.15, 0.2) is 10.7 Å². The quantitative estimate of drug-likeness (QED) is 0.532. The van der Waals surface area contributed by atoms with Gasteiger partial charge in [-0.2, -0.15) is 0 Å². The van der Waals surface area contributed by atoms with Gasteiger partial charge in [-0.05, 0) is 12.1 Å². The standard InChI is InChI=1S/C6H6BBrO2S/c7-5-2-1-4(11(9)10)3-6(5)8/h1-3,11H,7H2. The highest BCUT2D eigenvalue weighted by Crippen LogP contribution is 2.09. The van der Waals surface area contributed by atoms with Gasteiger partial charge < -0.3 is 0 Å². The van der Waals surface area contributed by atoms with Crippen molar-refractivity contribution in [1.82, 2.24) is 0 Å². The Morgan fingerprint density at radius 2 is 2.00 bits per heavy atom. The van der Waals surface area contributed by atoms with Crippen LogP contribution < -0.4 is 5.46 Å². The second kappa shape index (κ2) is 3.41. The van der Waals surface area contributed by atoms with Gasteiger partial charge >= 0.3 is 0 Å². The summed E-state index contributed by atoms with van der Waals surface area (Å²) in [5, 5.41) is 0. The average Bonchev–Trinajstić information content (AvgIpc) is 1.94. The molecule has 0 N–H and O–H groups in total. The highest BCUT2D eigenvalue weighted by Gasteiger charge is 1.97. The van der Waals surface area contributed by atoms with E-state index in [1.54, 1.807) is 18.2 Å². The SMILES string of the molecule is Bc1ccc([SH](=O)=O)cc1Br. The van der Waals surface area contributed by atoms with Gasteiger partial charge in [-0.1, -0.05) is 27.5 Å². The first-order chi connectivity index (χ1) is 5.11. The normalized spacial score (nSPS) is 10.4. The van der Waals surface area contributed by atoms with Crippen LogP contribution in [0.5, 0.6) is 0 Å². The summed E-state index contributed by atoms with van der Waals surface area (Å²) in [5.74, 6) is 0. The van der Waals surface area contributed by atoms with Gasteiger partial charge in [0.25, 0.3) is 0 Å². The van der Waals surface area contributed by atoms with Crippen LogP contribution >= 0.6 is 15.9 Å². The van der Waals surface area contributed by atoms with Crippen LogP contribution in [0.4, 0.5) is 0 Å². The van der Waals surface area contributed by atoms with Gasteiger partial charge in [-0.15, -0.1) is 0 Å². The Hall–Kier alpha value is -0.285. The highest BCUT2D eigenvalue weighted by molar-refractivity contribution is 9.10. The Kier molecular flexibility index (Phi) is 2.73. The zero-order valence-corrected chi connectivity index (χ0v) is 8.35. The van der Waals surface area contributed by atoms with E-state index >= 15 is 0 Å². The molecule has 0 radical (unpaired) electrons. The van der Waals surface area contributed by atoms with Crippen molar-refractivity contribution in [3.05, 3.63) is 22.7 Å². The molecule has 0 aliphatic rings. The van der Waals surface area contributed by atoms with Crippen molar-refractivity contribution in [3.8, 4) is 0 Å². The van der Waals surface area contributed by atoms with Crippen molar-refractivity contribution < 1.29 is 8.42 Å². The minimum Gasteiger partial charge on any atom is -0.227 e. The summed E-state index contributed by atoms with van der Waals surface area (Å²) in [6.45, 7) is 0. The van der Waals surface area contributed by atoms with Crippen LogP contribution in [0.2, 0.25) is 0 Å². The van der Waals surface area contributed by atoms with Crippen LogP contribution in [0.15, 0.2) is 27.6 Å². The van der Waals surface area contributed by atoms with E-state index in [1.807, 2.05) is 7.85 Å². The lowest BCUT2D eigenvalue weighted by Crippen LogP contribution is -2.03. The minimum atomic E-state index is -2.45. The van der Waals surface area contributed by atoms with Gasteiger partial charge in [0.2, 0.25) is 0 Å². The molecule has 0 aromatic heterocycles. The van der Waals surface area contributed by atoms with Gasteiger partial charge in [-0.25, -0.2) is 8.42 Å². The third-order valence-electron chi connectivity index (χ3n) is 1.37. The zero-order chi connectivity index (χ0) is 8.43. The number of rotatable bonds is 1. The number of benzene rings is 1. The van der Waals surface area contributed by atoms with Gasteiger partial charge in [0.05, 0.1) is 4.90 Å². The van der Waals surface area contributed by atoms with Crippen molar-refractivity contribution in [3.63, 3.8) is 0 Å². The Balaban J connectivity index is 3.26. The van der Waals surface area contributed by atoms with E-state index in [0.29, 0.717) is 4.90 Å². The maximum atomic E-state index is 10.5. The summed E-state index contributed by atoms with van der Waals surface area (Å²) in [6, 6.07) is 4.96. The molecule has 58 valence electrons. The molecular formula is C6H6BBrO2S. The monoisotopic (exact) mass is 232 g/mol. The molecule has 0 amide bonds. The Labute approximate surface area is 76.1 Å². The summed E-state index contributed by atoms with van der Waals surface area (Å²) in [6.07, 6.45) is 0. The summed E-state index contributed by atoms with van der Waals surface area (Å²) in [5.41, 5.74) is 1.03. The zero-order valence-electron chi connectivity index (χ0n) is 5.87.